The fourth-order valence-corrected chi connectivity index (χ4v) is 3.97. The predicted molar refractivity (Wildman–Crippen MR) is 85.1 cm³/mol. The van der Waals surface area contributed by atoms with Crippen molar-refractivity contribution in [3.63, 3.8) is 0 Å². The molecule has 0 amide bonds. The zero-order chi connectivity index (χ0) is 17.1. The Morgan fingerprint density at radius 1 is 1.13 bits per heavy atom. The topological polar surface area (TPSA) is 98.8 Å². The molecule has 0 saturated heterocycles. The lowest BCUT2D eigenvalue weighted by atomic mass is 9.91. The number of carbonyl (C=O) groups excluding carboxylic acids is 2. The molecule has 0 aliphatic heterocycles. The maximum atomic E-state index is 11.9. The van der Waals surface area contributed by atoms with Crippen LogP contribution in [0.3, 0.4) is 0 Å². The smallest absolute Gasteiger partial charge is 0.331 e. The molecule has 0 spiro atoms. The molecule has 1 N–H and O–H groups in total. The molecule has 0 unspecified atom stereocenters. The lowest BCUT2D eigenvalue weighted by Gasteiger charge is -2.21. The van der Waals surface area contributed by atoms with Crippen LogP contribution in [0.2, 0.25) is 0 Å². The van der Waals surface area contributed by atoms with Crippen molar-refractivity contribution >= 4 is 22.0 Å². The average molecular weight is 347 g/mol. The van der Waals surface area contributed by atoms with Gasteiger partial charge in [0.25, 0.3) is 0 Å². The van der Waals surface area contributed by atoms with Crippen LogP contribution < -0.4 is 4.72 Å². The minimum atomic E-state index is -3.27. The molecular weight excluding hydrogens is 322 g/mol. The van der Waals surface area contributed by atoms with Crippen LogP contribution >= 0.6 is 0 Å². The quantitative estimate of drug-likeness (QED) is 0.382. The predicted octanol–water partition coefficient (Wildman–Crippen LogP) is 1.15. The Morgan fingerprint density at radius 3 is 2.43 bits per heavy atom. The zero-order valence-electron chi connectivity index (χ0n) is 13.5. The first-order valence-corrected chi connectivity index (χ1v) is 9.48. The number of hydrogen-bond acceptors (Lipinski definition) is 6. The molecule has 1 aliphatic rings. The maximum absolute atomic E-state index is 11.9. The minimum Gasteiger partial charge on any atom is -0.466 e. The van der Waals surface area contributed by atoms with E-state index in [0.717, 1.165) is 37.8 Å². The largest absolute Gasteiger partial charge is 0.466 e. The van der Waals surface area contributed by atoms with Crippen molar-refractivity contribution in [3.8, 4) is 0 Å². The van der Waals surface area contributed by atoms with Crippen molar-refractivity contribution in [2.75, 3.05) is 26.0 Å². The summed E-state index contributed by atoms with van der Waals surface area (Å²) in [5, 5.41) is 0. The number of esters is 2. The molecule has 0 aromatic heterocycles. The Bertz CT molecular complexity index is 508. The summed E-state index contributed by atoms with van der Waals surface area (Å²) in [6.45, 7) is 0.305. The highest BCUT2D eigenvalue weighted by Gasteiger charge is 2.20. The van der Waals surface area contributed by atoms with Gasteiger partial charge < -0.3 is 9.47 Å². The van der Waals surface area contributed by atoms with E-state index in [1.165, 1.54) is 13.5 Å². The van der Waals surface area contributed by atoms with Gasteiger partial charge in [0, 0.05) is 18.7 Å². The van der Waals surface area contributed by atoms with E-state index >= 15 is 0 Å². The molecule has 0 bridgehead atoms. The molecule has 0 heterocycles. The summed E-state index contributed by atoms with van der Waals surface area (Å²) < 4.78 is 35.5. The molecule has 7 nitrogen and oxygen atoms in total. The lowest BCUT2D eigenvalue weighted by Crippen LogP contribution is -2.31. The van der Waals surface area contributed by atoms with Gasteiger partial charge in [0.15, 0.2) is 0 Å². The van der Waals surface area contributed by atoms with Crippen LogP contribution in [0.4, 0.5) is 0 Å². The number of rotatable bonds is 9. The summed E-state index contributed by atoms with van der Waals surface area (Å²) in [4.78, 5) is 22.0. The second-order valence-corrected chi connectivity index (χ2v) is 7.41. The highest BCUT2D eigenvalue weighted by atomic mass is 32.2. The van der Waals surface area contributed by atoms with Crippen LogP contribution in [0.1, 0.15) is 38.5 Å². The average Bonchev–Trinajstić information content (AvgIpc) is 2.52. The molecule has 8 heteroatoms. The fourth-order valence-electron chi connectivity index (χ4n) is 2.45. The van der Waals surface area contributed by atoms with Gasteiger partial charge in [-0.15, -0.1) is 0 Å². The van der Waals surface area contributed by atoms with E-state index < -0.39 is 22.0 Å². The third-order valence-electron chi connectivity index (χ3n) is 3.62. The number of ether oxygens (including phenoxy) is 2. The highest BCUT2D eigenvalue weighted by molar-refractivity contribution is 7.89. The molecule has 0 radical (unpaired) electrons. The number of methoxy groups -OCH3 is 1. The summed E-state index contributed by atoms with van der Waals surface area (Å²) in [5.74, 6) is -0.880. The Morgan fingerprint density at radius 2 is 1.78 bits per heavy atom. The zero-order valence-corrected chi connectivity index (χ0v) is 14.3. The molecular formula is C15H25NO6S. The third-order valence-corrected chi connectivity index (χ3v) is 5.18. The van der Waals surface area contributed by atoms with Crippen LogP contribution in [0, 0.1) is 5.92 Å². The van der Waals surface area contributed by atoms with Gasteiger partial charge in [0.05, 0.1) is 19.5 Å². The van der Waals surface area contributed by atoms with Crippen molar-refractivity contribution in [3.05, 3.63) is 12.2 Å². The third kappa shape index (κ3) is 9.35. The van der Waals surface area contributed by atoms with Crippen LogP contribution in [-0.2, 0) is 29.1 Å². The van der Waals surface area contributed by atoms with E-state index in [4.69, 9.17) is 4.74 Å². The Kier molecular flexibility index (Phi) is 8.86. The summed E-state index contributed by atoms with van der Waals surface area (Å²) in [6.07, 6.45) is 7.68. The van der Waals surface area contributed by atoms with Gasteiger partial charge in [0.1, 0.15) is 0 Å². The molecule has 0 aromatic rings. The monoisotopic (exact) mass is 347 g/mol. The Balaban J connectivity index is 2.14. The molecule has 0 aromatic carbocycles. The molecule has 1 fully saturated rings. The number of carbonyl (C=O) groups is 2. The van der Waals surface area contributed by atoms with Gasteiger partial charge in [-0.05, 0) is 25.2 Å². The van der Waals surface area contributed by atoms with Gasteiger partial charge in [-0.1, -0.05) is 19.3 Å². The molecule has 132 valence electrons. The van der Waals surface area contributed by atoms with Crippen LogP contribution in [0.5, 0.6) is 0 Å². The van der Waals surface area contributed by atoms with E-state index in [9.17, 15) is 18.0 Å². The van der Waals surface area contributed by atoms with Gasteiger partial charge >= 0.3 is 11.9 Å². The normalized spacial score (nSPS) is 16.4. The van der Waals surface area contributed by atoms with Gasteiger partial charge in [-0.25, -0.2) is 22.7 Å². The van der Waals surface area contributed by atoms with Crippen molar-refractivity contribution in [1.82, 2.24) is 4.72 Å². The van der Waals surface area contributed by atoms with E-state index in [0.29, 0.717) is 6.42 Å². The van der Waals surface area contributed by atoms with Gasteiger partial charge in [-0.2, -0.15) is 0 Å². The molecule has 1 saturated carbocycles. The van der Waals surface area contributed by atoms with E-state index in [1.807, 2.05) is 0 Å². The van der Waals surface area contributed by atoms with Crippen molar-refractivity contribution in [2.24, 2.45) is 5.92 Å². The van der Waals surface area contributed by atoms with Crippen molar-refractivity contribution in [1.29, 1.82) is 0 Å². The molecule has 0 atom stereocenters. The van der Waals surface area contributed by atoms with E-state index in [2.05, 4.69) is 9.46 Å². The van der Waals surface area contributed by atoms with Crippen molar-refractivity contribution in [2.45, 2.75) is 38.5 Å². The first-order chi connectivity index (χ1) is 10.9. The molecule has 1 aliphatic carbocycles. The SMILES string of the molecule is COC(=O)/C=C/C(=O)OCCCNS(=O)(=O)CC1CCCCC1. The highest BCUT2D eigenvalue weighted by Crippen LogP contribution is 2.24. The second-order valence-electron chi connectivity index (χ2n) is 5.56. The summed E-state index contributed by atoms with van der Waals surface area (Å²) in [6, 6.07) is 0. The Hall–Kier alpha value is -1.41. The summed E-state index contributed by atoms with van der Waals surface area (Å²) >= 11 is 0. The van der Waals surface area contributed by atoms with Gasteiger partial charge in [-0.3, -0.25) is 0 Å². The first-order valence-electron chi connectivity index (χ1n) is 7.83. The van der Waals surface area contributed by atoms with Crippen LogP contribution in [-0.4, -0.2) is 46.4 Å². The standard InChI is InChI=1S/C15H25NO6S/c1-21-14(17)8-9-15(18)22-11-5-10-16-23(19,20)12-13-6-3-2-4-7-13/h8-9,13,16H,2-7,10-12H2,1H3/b9-8+. The fraction of sp³-hybridized carbons (Fsp3) is 0.733. The number of nitrogens with one attached hydrogen (secondary N) is 1. The second kappa shape index (κ2) is 10.4. The van der Waals surface area contributed by atoms with Crippen molar-refractivity contribution < 1.29 is 27.5 Å². The molecule has 23 heavy (non-hydrogen) atoms. The van der Waals surface area contributed by atoms with E-state index in [-0.39, 0.29) is 24.8 Å². The first kappa shape index (κ1) is 19.6. The lowest BCUT2D eigenvalue weighted by molar-refractivity contribution is -0.139. The van der Waals surface area contributed by atoms with E-state index in [1.54, 1.807) is 0 Å². The Labute approximate surface area is 137 Å². The van der Waals surface area contributed by atoms with Crippen LogP contribution in [0.15, 0.2) is 12.2 Å². The summed E-state index contributed by atoms with van der Waals surface area (Å²) in [5.41, 5.74) is 0. The summed E-state index contributed by atoms with van der Waals surface area (Å²) in [7, 11) is -2.07. The number of hydrogen-bond donors (Lipinski definition) is 1. The number of sulfonamides is 1. The maximum Gasteiger partial charge on any atom is 0.331 e. The van der Waals surface area contributed by atoms with Crippen LogP contribution in [0.25, 0.3) is 0 Å². The minimum absolute atomic E-state index is 0.0797. The molecule has 1 rings (SSSR count). The van der Waals surface area contributed by atoms with Gasteiger partial charge in [0.2, 0.25) is 10.0 Å².